The topological polar surface area (TPSA) is 65.7 Å². The minimum atomic E-state index is -0.0195. The Morgan fingerprint density at radius 3 is 2.50 bits per heavy atom. The summed E-state index contributed by atoms with van der Waals surface area (Å²) >= 11 is 0. The Morgan fingerprint density at radius 2 is 2.04 bits per heavy atom. The summed E-state index contributed by atoms with van der Waals surface area (Å²) < 4.78 is 5.79. The monoisotopic (exact) mass is 449 g/mol. The third kappa shape index (κ3) is 6.23. The van der Waals surface area contributed by atoms with E-state index in [1.165, 1.54) is 12.8 Å². The maximum Gasteiger partial charge on any atom is 0.213 e. The molecule has 2 rings (SSSR count). The van der Waals surface area contributed by atoms with E-state index in [0.29, 0.717) is 18.5 Å². The number of hydrogen-bond acceptors (Lipinski definition) is 4. The van der Waals surface area contributed by atoms with Gasteiger partial charge in [-0.15, -0.1) is 24.0 Å². The van der Waals surface area contributed by atoms with Crippen LogP contribution >= 0.6 is 24.0 Å². The third-order valence-electron chi connectivity index (χ3n) is 4.23. The van der Waals surface area contributed by atoms with Crippen LogP contribution in [0, 0.1) is 5.92 Å². The number of aliphatic imine (C=N–C) groups is 1. The highest BCUT2D eigenvalue weighted by molar-refractivity contribution is 14.0. The summed E-state index contributed by atoms with van der Waals surface area (Å²) in [6.07, 6.45) is 4.48. The molecule has 6 nitrogen and oxygen atoms in total. The van der Waals surface area contributed by atoms with Gasteiger partial charge in [-0.05, 0) is 32.9 Å². The van der Waals surface area contributed by atoms with Crippen molar-refractivity contribution in [3.8, 4) is 0 Å². The van der Waals surface area contributed by atoms with Crippen molar-refractivity contribution in [3.63, 3.8) is 0 Å². The van der Waals surface area contributed by atoms with Crippen molar-refractivity contribution in [2.45, 2.75) is 51.6 Å². The van der Waals surface area contributed by atoms with Crippen LogP contribution in [0.4, 0.5) is 0 Å². The number of rotatable bonds is 6. The molecule has 1 aromatic heterocycles. The van der Waals surface area contributed by atoms with Crippen LogP contribution in [0.2, 0.25) is 0 Å². The van der Waals surface area contributed by atoms with Crippen molar-refractivity contribution in [1.82, 2.24) is 20.5 Å². The molecular formula is C17H32IN5O. The molecule has 1 aliphatic carbocycles. The second kappa shape index (κ2) is 9.03. The van der Waals surface area contributed by atoms with Crippen LogP contribution in [0.25, 0.3) is 0 Å². The van der Waals surface area contributed by atoms with Gasteiger partial charge in [0, 0.05) is 25.0 Å². The van der Waals surface area contributed by atoms with Crippen molar-refractivity contribution >= 4 is 29.9 Å². The average Bonchev–Trinajstić information content (AvgIpc) is 3.17. The summed E-state index contributed by atoms with van der Waals surface area (Å²) in [5.74, 6) is 3.19. The Bertz CT molecular complexity index is 529. The van der Waals surface area contributed by atoms with Crippen LogP contribution in [0.1, 0.15) is 45.3 Å². The van der Waals surface area contributed by atoms with Gasteiger partial charge >= 0.3 is 0 Å². The van der Waals surface area contributed by atoms with Crippen LogP contribution in [-0.2, 0) is 12.0 Å². The Balaban J connectivity index is 0.00000288. The van der Waals surface area contributed by atoms with Crippen LogP contribution in [0.15, 0.2) is 15.6 Å². The molecular weight excluding hydrogens is 417 g/mol. The van der Waals surface area contributed by atoms with Gasteiger partial charge in [-0.3, -0.25) is 4.99 Å². The lowest BCUT2D eigenvalue weighted by molar-refractivity contribution is 0.264. The van der Waals surface area contributed by atoms with Gasteiger partial charge in [0.2, 0.25) is 5.89 Å². The molecule has 0 radical (unpaired) electrons. The summed E-state index contributed by atoms with van der Waals surface area (Å²) in [5, 5.41) is 6.68. The number of likely N-dealkylation sites (N-methyl/N-ethyl adjacent to an activating group) is 1. The number of halogens is 1. The van der Waals surface area contributed by atoms with E-state index in [9.17, 15) is 0 Å². The first-order valence-electron chi connectivity index (χ1n) is 8.37. The molecule has 0 aromatic carbocycles. The predicted molar refractivity (Wildman–Crippen MR) is 109 cm³/mol. The standard InChI is InChI=1S/C17H31N5O.HI/c1-17(2,3)14-10-19-15(23-14)11-21-16(18-4)20-9-13(22(5)6)12-7-8-12;/h10,12-13H,7-9,11H2,1-6H3,(H2,18,20,21);1H. The molecule has 1 saturated carbocycles. The molecule has 0 amide bonds. The average molecular weight is 449 g/mol. The van der Waals surface area contributed by atoms with Crippen molar-refractivity contribution in [1.29, 1.82) is 0 Å². The Morgan fingerprint density at radius 1 is 1.38 bits per heavy atom. The predicted octanol–water partition coefficient (Wildman–Crippen LogP) is 2.60. The van der Waals surface area contributed by atoms with Crippen molar-refractivity contribution in [3.05, 3.63) is 17.8 Å². The lowest BCUT2D eigenvalue weighted by atomic mass is 9.94. The second-order valence-corrected chi connectivity index (χ2v) is 7.54. The zero-order valence-electron chi connectivity index (χ0n) is 15.7. The fourth-order valence-electron chi connectivity index (χ4n) is 2.57. The quantitative estimate of drug-likeness (QED) is 0.397. The molecule has 1 atom stereocenters. The van der Waals surface area contributed by atoms with Crippen molar-refractivity contribution in [2.24, 2.45) is 10.9 Å². The highest BCUT2D eigenvalue weighted by Crippen LogP contribution is 2.34. The maximum absolute atomic E-state index is 5.79. The molecule has 0 saturated heterocycles. The zero-order chi connectivity index (χ0) is 17.0. The molecule has 138 valence electrons. The van der Waals surface area contributed by atoms with Crippen LogP contribution in [0.3, 0.4) is 0 Å². The summed E-state index contributed by atoms with van der Waals surface area (Å²) in [7, 11) is 6.07. The molecule has 1 heterocycles. The minimum absolute atomic E-state index is 0. The molecule has 0 bridgehead atoms. The normalized spacial score (nSPS) is 16.7. The Hall–Kier alpha value is -0.830. The van der Waals surface area contributed by atoms with Crippen LogP contribution in [-0.4, -0.2) is 49.6 Å². The largest absolute Gasteiger partial charge is 0.443 e. The fraction of sp³-hybridized carbons (Fsp3) is 0.765. The maximum atomic E-state index is 5.79. The molecule has 0 aliphatic heterocycles. The van der Waals surface area contributed by atoms with Gasteiger partial charge in [0.25, 0.3) is 0 Å². The first-order chi connectivity index (χ1) is 10.8. The minimum Gasteiger partial charge on any atom is -0.443 e. The van der Waals surface area contributed by atoms with Gasteiger partial charge in [-0.25, -0.2) is 4.98 Å². The molecule has 0 spiro atoms. The number of aromatic nitrogens is 1. The first-order valence-corrected chi connectivity index (χ1v) is 8.37. The summed E-state index contributed by atoms with van der Waals surface area (Å²) in [6, 6.07) is 0.558. The fourth-order valence-corrected chi connectivity index (χ4v) is 2.57. The first kappa shape index (κ1) is 21.2. The Labute approximate surface area is 162 Å². The third-order valence-corrected chi connectivity index (χ3v) is 4.23. The molecule has 24 heavy (non-hydrogen) atoms. The van der Waals surface area contributed by atoms with Gasteiger partial charge in [-0.2, -0.15) is 0 Å². The lowest BCUT2D eigenvalue weighted by Gasteiger charge is -2.25. The van der Waals surface area contributed by atoms with E-state index in [1.54, 1.807) is 7.05 Å². The van der Waals surface area contributed by atoms with E-state index in [1.807, 2.05) is 6.20 Å². The Kier molecular flexibility index (Phi) is 7.98. The van der Waals surface area contributed by atoms with E-state index < -0.39 is 0 Å². The summed E-state index contributed by atoms with van der Waals surface area (Å²) in [6.45, 7) is 7.78. The second-order valence-electron chi connectivity index (χ2n) is 7.54. The van der Waals surface area contributed by atoms with Crippen molar-refractivity contribution < 1.29 is 4.42 Å². The number of nitrogens with zero attached hydrogens (tertiary/aromatic N) is 3. The van der Waals surface area contributed by atoms with E-state index >= 15 is 0 Å². The zero-order valence-corrected chi connectivity index (χ0v) is 18.0. The van der Waals surface area contributed by atoms with Gasteiger partial charge in [-0.1, -0.05) is 20.8 Å². The SMILES string of the molecule is CN=C(NCc1ncc(C(C)(C)C)o1)NCC(C1CC1)N(C)C.I. The van der Waals surface area contributed by atoms with Crippen molar-refractivity contribution in [2.75, 3.05) is 27.7 Å². The van der Waals surface area contributed by atoms with Gasteiger partial charge in [0.1, 0.15) is 5.76 Å². The molecule has 7 heteroatoms. The number of oxazole rings is 1. The van der Waals surface area contributed by atoms with E-state index in [4.69, 9.17) is 4.42 Å². The molecule has 1 fully saturated rings. The summed E-state index contributed by atoms with van der Waals surface area (Å²) in [5.41, 5.74) is -0.0195. The molecule has 1 aromatic rings. The van der Waals surface area contributed by atoms with Crippen LogP contribution in [0.5, 0.6) is 0 Å². The van der Waals surface area contributed by atoms with E-state index in [0.717, 1.165) is 24.2 Å². The van der Waals surface area contributed by atoms with E-state index in [2.05, 4.69) is 60.4 Å². The highest BCUT2D eigenvalue weighted by atomic mass is 127. The lowest BCUT2D eigenvalue weighted by Crippen LogP contribution is -2.45. The number of guanidine groups is 1. The smallest absolute Gasteiger partial charge is 0.213 e. The number of nitrogens with one attached hydrogen (secondary N) is 2. The van der Waals surface area contributed by atoms with Gasteiger partial charge in [0.05, 0.1) is 12.7 Å². The molecule has 2 N–H and O–H groups in total. The molecule has 1 unspecified atom stereocenters. The van der Waals surface area contributed by atoms with E-state index in [-0.39, 0.29) is 29.4 Å². The van der Waals surface area contributed by atoms with Crippen LogP contribution < -0.4 is 10.6 Å². The summed E-state index contributed by atoms with van der Waals surface area (Å²) in [4.78, 5) is 10.9. The van der Waals surface area contributed by atoms with Gasteiger partial charge < -0.3 is 20.0 Å². The highest BCUT2D eigenvalue weighted by Gasteiger charge is 2.32. The number of hydrogen-bond donors (Lipinski definition) is 2. The molecule has 1 aliphatic rings. The van der Waals surface area contributed by atoms with Gasteiger partial charge in [0.15, 0.2) is 5.96 Å².